The van der Waals surface area contributed by atoms with Gasteiger partial charge in [0.05, 0.1) is 5.69 Å². The zero-order valence-corrected chi connectivity index (χ0v) is 15.2. The van der Waals surface area contributed by atoms with Crippen molar-refractivity contribution in [3.05, 3.63) is 46.3 Å². The summed E-state index contributed by atoms with van der Waals surface area (Å²) in [6.07, 6.45) is -0.247. The Balaban J connectivity index is 1.75. The van der Waals surface area contributed by atoms with Gasteiger partial charge >= 0.3 is 5.97 Å². The molecule has 1 aliphatic heterocycles. The minimum absolute atomic E-state index is 0.0235. The Morgan fingerprint density at radius 2 is 2.00 bits per heavy atom. The van der Waals surface area contributed by atoms with Gasteiger partial charge in [-0.2, -0.15) is 0 Å². The van der Waals surface area contributed by atoms with Gasteiger partial charge in [0.1, 0.15) is 11.3 Å². The average Bonchev–Trinajstić information content (AvgIpc) is 3.16. The first-order valence-corrected chi connectivity index (χ1v) is 8.38. The summed E-state index contributed by atoms with van der Waals surface area (Å²) in [5.74, 6) is -0.598. The number of esters is 1. The van der Waals surface area contributed by atoms with Crippen molar-refractivity contribution >= 4 is 23.3 Å². The number of nitrogens with zero attached hydrogens (tertiary/aromatic N) is 2. The first-order valence-electron chi connectivity index (χ1n) is 8.38. The van der Waals surface area contributed by atoms with Gasteiger partial charge in [-0.3, -0.25) is 9.59 Å². The van der Waals surface area contributed by atoms with Gasteiger partial charge in [0.15, 0.2) is 6.10 Å². The van der Waals surface area contributed by atoms with Crippen LogP contribution in [-0.4, -0.2) is 35.5 Å². The Morgan fingerprint density at radius 3 is 2.62 bits per heavy atom. The minimum atomic E-state index is -0.945. The number of benzene rings is 1. The Hall–Kier alpha value is -2.96. The first kappa shape index (κ1) is 17.8. The van der Waals surface area contributed by atoms with E-state index in [4.69, 9.17) is 9.26 Å². The summed E-state index contributed by atoms with van der Waals surface area (Å²) in [7, 11) is 0. The van der Waals surface area contributed by atoms with Crippen LogP contribution in [0.4, 0.5) is 5.69 Å². The molecule has 0 aliphatic carbocycles. The molecular formula is C19H20N2O5. The van der Waals surface area contributed by atoms with Crippen molar-refractivity contribution in [2.75, 3.05) is 11.4 Å². The number of aromatic nitrogens is 1. The third-order valence-corrected chi connectivity index (χ3v) is 4.53. The molecule has 1 aliphatic rings. The molecule has 0 bridgehead atoms. The van der Waals surface area contributed by atoms with Gasteiger partial charge in [0, 0.05) is 24.7 Å². The molecule has 26 heavy (non-hydrogen) atoms. The fourth-order valence-corrected chi connectivity index (χ4v) is 3.16. The highest BCUT2D eigenvalue weighted by Gasteiger charge is 2.27. The fourth-order valence-electron chi connectivity index (χ4n) is 3.16. The molecule has 1 aromatic carbocycles. The van der Waals surface area contributed by atoms with Crippen molar-refractivity contribution in [1.82, 2.24) is 5.16 Å². The highest BCUT2D eigenvalue weighted by atomic mass is 16.5. The zero-order chi connectivity index (χ0) is 19.0. The molecule has 2 aromatic rings. The van der Waals surface area contributed by atoms with E-state index in [0.29, 0.717) is 30.0 Å². The summed E-state index contributed by atoms with van der Waals surface area (Å²) >= 11 is 0. The lowest BCUT2D eigenvalue weighted by atomic mass is 10.0. The maximum atomic E-state index is 12.6. The molecule has 136 valence electrons. The monoisotopic (exact) mass is 356 g/mol. The Morgan fingerprint density at radius 1 is 1.27 bits per heavy atom. The van der Waals surface area contributed by atoms with Gasteiger partial charge in [-0.25, -0.2) is 4.79 Å². The lowest BCUT2D eigenvalue weighted by Gasteiger charge is -2.16. The number of anilines is 1. The second kappa shape index (κ2) is 6.74. The molecule has 1 amide bonds. The summed E-state index contributed by atoms with van der Waals surface area (Å²) < 4.78 is 10.3. The van der Waals surface area contributed by atoms with Crippen molar-refractivity contribution in [2.45, 2.75) is 40.2 Å². The number of amides is 1. The second-order valence-electron chi connectivity index (χ2n) is 6.38. The number of carbonyl (C=O) groups excluding carboxylic acids is 3. The molecule has 1 atom stereocenters. The van der Waals surface area contributed by atoms with Crippen molar-refractivity contribution in [2.24, 2.45) is 0 Å². The van der Waals surface area contributed by atoms with Crippen LogP contribution in [0.2, 0.25) is 0 Å². The van der Waals surface area contributed by atoms with Crippen LogP contribution in [0, 0.1) is 13.8 Å². The van der Waals surface area contributed by atoms with Gasteiger partial charge in [-0.15, -0.1) is 0 Å². The molecule has 0 spiro atoms. The summed E-state index contributed by atoms with van der Waals surface area (Å²) in [6.45, 7) is 6.92. The van der Waals surface area contributed by atoms with Crippen molar-refractivity contribution in [3.8, 4) is 0 Å². The predicted molar refractivity (Wildman–Crippen MR) is 93.4 cm³/mol. The Kier molecular flexibility index (Phi) is 4.63. The SMILES string of the molecule is CC(=O)N1CCc2cc(C(=O)C(C)OC(=O)c3c(C)noc3C)ccc21. The van der Waals surface area contributed by atoms with Gasteiger partial charge < -0.3 is 14.2 Å². The van der Waals surface area contributed by atoms with E-state index in [2.05, 4.69) is 5.16 Å². The van der Waals surface area contributed by atoms with Crippen molar-refractivity contribution < 1.29 is 23.6 Å². The molecule has 1 unspecified atom stereocenters. The Bertz CT molecular complexity index is 880. The number of hydrogen-bond donors (Lipinski definition) is 0. The zero-order valence-electron chi connectivity index (χ0n) is 15.2. The Labute approximate surface area is 150 Å². The van der Waals surface area contributed by atoms with E-state index in [9.17, 15) is 14.4 Å². The van der Waals surface area contributed by atoms with Crippen molar-refractivity contribution in [1.29, 1.82) is 0 Å². The van der Waals surface area contributed by atoms with E-state index in [-0.39, 0.29) is 17.3 Å². The standard InChI is InChI=1S/C19H20N2O5/c1-10-17(11(2)26-20-10)19(24)25-12(3)18(23)15-5-6-16-14(9-15)7-8-21(16)13(4)22/h5-6,9,12H,7-8H2,1-4H3. The van der Waals surface area contributed by atoms with Crippen LogP contribution in [0.3, 0.4) is 0 Å². The topological polar surface area (TPSA) is 89.7 Å². The summed E-state index contributed by atoms with van der Waals surface area (Å²) in [4.78, 5) is 38.2. The van der Waals surface area contributed by atoms with Crippen LogP contribution in [0.25, 0.3) is 0 Å². The highest BCUT2D eigenvalue weighted by Crippen LogP contribution is 2.29. The number of fused-ring (bicyclic) bond motifs is 1. The van der Waals surface area contributed by atoms with Crippen molar-refractivity contribution in [3.63, 3.8) is 0 Å². The molecule has 1 aromatic heterocycles. The van der Waals surface area contributed by atoms with E-state index < -0.39 is 12.1 Å². The summed E-state index contributed by atoms with van der Waals surface area (Å²) in [5, 5.41) is 3.72. The van der Waals surface area contributed by atoms with Crippen LogP contribution < -0.4 is 4.90 Å². The van der Waals surface area contributed by atoms with E-state index in [1.165, 1.54) is 13.8 Å². The molecule has 0 radical (unpaired) electrons. The van der Waals surface area contributed by atoms with Gasteiger partial charge in [0.25, 0.3) is 0 Å². The molecule has 7 heteroatoms. The van der Waals surface area contributed by atoms with E-state index in [0.717, 1.165) is 11.3 Å². The lowest BCUT2D eigenvalue weighted by molar-refractivity contribution is -0.116. The number of carbonyl (C=O) groups is 3. The normalized spacial score (nSPS) is 14.1. The number of Topliss-reactive ketones (excluding diaryl/α,β-unsaturated/α-hetero) is 1. The second-order valence-corrected chi connectivity index (χ2v) is 6.38. The van der Waals surface area contributed by atoms with Gasteiger partial charge in [0.2, 0.25) is 11.7 Å². The van der Waals surface area contributed by atoms with E-state index in [1.807, 2.05) is 0 Å². The molecule has 2 heterocycles. The lowest BCUT2D eigenvalue weighted by Crippen LogP contribution is -2.26. The smallest absolute Gasteiger partial charge is 0.344 e. The van der Waals surface area contributed by atoms with Crippen LogP contribution in [0.5, 0.6) is 0 Å². The quantitative estimate of drug-likeness (QED) is 0.618. The summed E-state index contributed by atoms with van der Waals surface area (Å²) in [6, 6.07) is 5.18. The maximum Gasteiger partial charge on any atom is 0.344 e. The largest absolute Gasteiger partial charge is 0.451 e. The third-order valence-electron chi connectivity index (χ3n) is 4.53. The molecule has 0 saturated heterocycles. The molecule has 0 fully saturated rings. The number of aryl methyl sites for hydroxylation is 2. The third kappa shape index (κ3) is 3.12. The highest BCUT2D eigenvalue weighted by molar-refractivity contribution is 6.03. The average molecular weight is 356 g/mol. The van der Waals surface area contributed by atoms with E-state index >= 15 is 0 Å². The van der Waals surface area contributed by atoms with Crippen LogP contribution in [-0.2, 0) is 16.0 Å². The maximum absolute atomic E-state index is 12.6. The van der Waals surface area contributed by atoms with Gasteiger partial charge in [-0.1, -0.05) is 5.16 Å². The van der Waals surface area contributed by atoms with Gasteiger partial charge in [-0.05, 0) is 51.0 Å². The van der Waals surface area contributed by atoms with Crippen LogP contribution in [0.15, 0.2) is 22.7 Å². The van der Waals surface area contributed by atoms with E-state index in [1.54, 1.807) is 36.9 Å². The number of rotatable bonds is 4. The molecule has 0 saturated carbocycles. The summed E-state index contributed by atoms with van der Waals surface area (Å²) in [5.41, 5.74) is 2.89. The number of ether oxygens (including phenoxy) is 1. The molecule has 7 nitrogen and oxygen atoms in total. The minimum Gasteiger partial charge on any atom is -0.451 e. The molecular weight excluding hydrogens is 336 g/mol. The number of ketones is 1. The molecule has 0 N–H and O–H groups in total. The first-order chi connectivity index (χ1) is 12.3. The predicted octanol–water partition coefficient (Wildman–Crippen LogP) is 2.63. The number of hydrogen-bond acceptors (Lipinski definition) is 6. The van der Waals surface area contributed by atoms with Crippen LogP contribution >= 0.6 is 0 Å². The molecule has 3 rings (SSSR count). The fraction of sp³-hybridized carbons (Fsp3) is 0.368. The van der Waals surface area contributed by atoms with Crippen LogP contribution in [0.1, 0.15) is 51.6 Å².